The van der Waals surface area contributed by atoms with Crippen LogP contribution in [0.4, 0.5) is 0 Å². The number of rotatable bonds is 3. The van der Waals surface area contributed by atoms with Crippen LogP contribution in [0.5, 0.6) is 0 Å². The maximum Gasteiger partial charge on any atom is 0.143 e. The van der Waals surface area contributed by atoms with Crippen LogP contribution in [0.2, 0.25) is 0 Å². The van der Waals surface area contributed by atoms with Gasteiger partial charge in [-0.2, -0.15) is 0 Å². The first kappa shape index (κ1) is 12.1. The summed E-state index contributed by atoms with van der Waals surface area (Å²) in [4.78, 5) is 11.6. The van der Waals surface area contributed by atoms with Gasteiger partial charge in [0.1, 0.15) is 5.78 Å². The molecule has 2 aliphatic rings. The number of carbonyl (C=O) groups excluding carboxylic acids is 1. The summed E-state index contributed by atoms with van der Waals surface area (Å²) in [5.74, 6) is 0.397. The van der Waals surface area contributed by atoms with Crippen molar-refractivity contribution in [2.75, 3.05) is 0 Å². The molecule has 0 N–H and O–H groups in total. The van der Waals surface area contributed by atoms with E-state index in [0.29, 0.717) is 18.3 Å². The summed E-state index contributed by atoms with van der Waals surface area (Å²) in [7, 11) is 0. The lowest BCUT2D eigenvalue weighted by Crippen LogP contribution is -2.54. The van der Waals surface area contributed by atoms with Crippen molar-refractivity contribution >= 4 is 5.78 Å². The van der Waals surface area contributed by atoms with Gasteiger partial charge in [-0.1, -0.05) is 39.5 Å². The largest absolute Gasteiger partial charge is 0.374 e. The molecule has 16 heavy (non-hydrogen) atoms. The van der Waals surface area contributed by atoms with Crippen LogP contribution >= 0.6 is 0 Å². The van der Waals surface area contributed by atoms with E-state index >= 15 is 0 Å². The highest BCUT2D eigenvalue weighted by atomic mass is 16.5. The van der Waals surface area contributed by atoms with Gasteiger partial charge in [-0.05, 0) is 19.3 Å². The van der Waals surface area contributed by atoms with Crippen molar-refractivity contribution in [1.29, 1.82) is 0 Å². The zero-order chi connectivity index (χ0) is 11.6. The molecule has 2 nitrogen and oxygen atoms in total. The first-order valence-corrected chi connectivity index (χ1v) is 6.85. The molecule has 2 unspecified atom stereocenters. The summed E-state index contributed by atoms with van der Waals surface area (Å²) >= 11 is 0. The van der Waals surface area contributed by atoms with Gasteiger partial charge in [-0.15, -0.1) is 0 Å². The highest BCUT2D eigenvalue weighted by molar-refractivity contribution is 5.91. The maximum atomic E-state index is 11.6. The SMILES string of the molecule is CCC1(C)C(=O)CC1OC1CCCCCC1. The minimum absolute atomic E-state index is 0.174. The first-order chi connectivity index (χ1) is 7.66. The van der Waals surface area contributed by atoms with Gasteiger partial charge in [0.25, 0.3) is 0 Å². The second-order valence-electron chi connectivity index (χ2n) is 5.64. The lowest BCUT2D eigenvalue weighted by Gasteiger charge is -2.45. The highest BCUT2D eigenvalue weighted by Gasteiger charge is 2.51. The third-order valence-electron chi connectivity index (χ3n) is 4.61. The van der Waals surface area contributed by atoms with Crippen LogP contribution in [0.15, 0.2) is 0 Å². The van der Waals surface area contributed by atoms with E-state index in [2.05, 4.69) is 13.8 Å². The molecule has 2 atom stereocenters. The average molecular weight is 224 g/mol. The molecule has 2 rings (SSSR count). The monoisotopic (exact) mass is 224 g/mol. The third kappa shape index (κ3) is 2.17. The van der Waals surface area contributed by atoms with Gasteiger partial charge >= 0.3 is 0 Å². The number of hydrogen-bond acceptors (Lipinski definition) is 2. The summed E-state index contributed by atoms with van der Waals surface area (Å²) in [6.45, 7) is 4.17. The Morgan fingerprint density at radius 1 is 1.25 bits per heavy atom. The molecule has 92 valence electrons. The van der Waals surface area contributed by atoms with Crippen molar-refractivity contribution in [3.05, 3.63) is 0 Å². The van der Waals surface area contributed by atoms with Crippen LogP contribution in [-0.2, 0) is 9.53 Å². The molecule has 0 radical (unpaired) electrons. The van der Waals surface area contributed by atoms with Gasteiger partial charge in [0, 0.05) is 6.42 Å². The zero-order valence-corrected chi connectivity index (χ0v) is 10.6. The molecule has 0 heterocycles. The molecule has 2 fully saturated rings. The lowest BCUT2D eigenvalue weighted by atomic mass is 9.64. The summed E-state index contributed by atoms with van der Waals surface area (Å²) < 4.78 is 6.16. The molecule has 0 spiro atoms. The molecule has 0 saturated heterocycles. The van der Waals surface area contributed by atoms with Crippen molar-refractivity contribution in [2.24, 2.45) is 5.41 Å². The number of ether oxygens (including phenoxy) is 1. The number of carbonyl (C=O) groups is 1. The second kappa shape index (κ2) is 4.87. The van der Waals surface area contributed by atoms with Gasteiger partial charge in [0.2, 0.25) is 0 Å². The summed E-state index contributed by atoms with van der Waals surface area (Å²) in [5, 5.41) is 0. The first-order valence-electron chi connectivity index (χ1n) is 6.85. The van der Waals surface area contributed by atoms with Crippen LogP contribution in [0.25, 0.3) is 0 Å². The standard InChI is InChI=1S/C14H24O2/c1-3-14(2)12(15)10-13(14)16-11-8-6-4-5-7-9-11/h11,13H,3-10H2,1-2H3. The molecule has 2 heteroatoms. The Morgan fingerprint density at radius 3 is 2.38 bits per heavy atom. The Balaban J connectivity index is 1.87. The predicted octanol–water partition coefficient (Wildman–Crippen LogP) is 3.48. The Kier molecular flexibility index (Phi) is 3.68. The minimum Gasteiger partial charge on any atom is -0.374 e. The lowest BCUT2D eigenvalue weighted by molar-refractivity contribution is -0.170. The zero-order valence-electron chi connectivity index (χ0n) is 10.6. The van der Waals surface area contributed by atoms with Gasteiger partial charge in [0.05, 0.1) is 17.6 Å². The van der Waals surface area contributed by atoms with Crippen LogP contribution < -0.4 is 0 Å². The Hall–Kier alpha value is -0.370. The van der Waals surface area contributed by atoms with Crippen LogP contribution in [0.1, 0.15) is 65.2 Å². The highest BCUT2D eigenvalue weighted by Crippen LogP contribution is 2.43. The predicted molar refractivity (Wildman–Crippen MR) is 64.4 cm³/mol. The quantitative estimate of drug-likeness (QED) is 0.686. The smallest absolute Gasteiger partial charge is 0.143 e. The van der Waals surface area contributed by atoms with Crippen molar-refractivity contribution in [2.45, 2.75) is 77.4 Å². The van der Waals surface area contributed by atoms with Crippen molar-refractivity contribution < 1.29 is 9.53 Å². The Morgan fingerprint density at radius 2 is 1.88 bits per heavy atom. The van der Waals surface area contributed by atoms with E-state index in [9.17, 15) is 4.79 Å². The molecular formula is C14H24O2. The van der Waals surface area contributed by atoms with E-state index in [1.165, 1.54) is 38.5 Å². The van der Waals surface area contributed by atoms with Crippen LogP contribution in [0, 0.1) is 5.41 Å². The fourth-order valence-corrected chi connectivity index (χ4v) is 2.91. The normalized spacial score (nSPS) is 36.9. The van der Waals surface area contributed by atoms with E-state index in [1.54, 1.807) is 0 Å². The molecule has 2 aliphatic carbocycles. The van der Waals surface area contributed by atoms with Crippen molar-refractivity contribution in [1.82, 2.24) is 0 Å². The molecule has 0 aromatic carbocycles. The Bertz CT molecular complexity index is 253. The number of ketones is 1. The summed E-state index contributed by atoms with van der Waals surface area (Å²) in [6, 6.07) is 0. The van der Waals surface area contributed by atoms with Gasteiger partial charge < -0.3 is 4.74 Å². The summed E-state index contributed by atoms with van der Waals surface area (Å²) in [5.41, 5.74) is -0.174. The molecule has 0 amide bonds. The van der Waals surface area contributed by atoms with Crippen molar-refractivity contribution in [3.63, 3.8) is 0 Å². The van der Waals surface area contributed by atoms with Gasteiger partial charge in [-0.3, -0.25) is 4.79 Å². The fourth-order valence-electron chi connectivity index (χ4n) is 2.91. The van der Waals surface area contributed by atoms with E-state index in [-0.39, 0.29) is 11.5 Å². The average Bonchev–Trinajstić information content (AvgIpc) is 2.56. The molecule has 2 saturated carbocycles. The maximum absolute atomic E-state index is 11.6. The summed E-state index contributed by atoms with van der Waals surface area (Å²) in [6.07, 6.45) is 9.91. The Labute approximate surface area is 98.7 Å². The molecule has 0 aromatic heterocycles. The number of hydrogen-bond donors (Lipinski definition) is 0. The molecule has 0 aliphatic heterocycles. The van der Waals surface area contributed by atoms with E-state index in [4.69, 9.17) is 4.74 Å². The van der Waals surface area contributed by atoms with Crippen LogP contribution in [-0.4, -0.2) is 18.0 Å². The van der Waals surface area contributed by atoms with E-state index in [0.717, 1.165) is 6.42 Å². The number of Topliss-reactive ketones (excluding diaryl/α,β-unsaturated/α-hetero) is 1. The molecular weight excluding hydrogens is 200 g/mol. The van der Waals surface area contributed by atoms with Crippen LogP contribution in [0.3, 0.4) is 0 Å². The van der Waals surface area contributed by atoms with E-state index in [1.807, 2.05) is 0 Å². The minimum atomic E-state index is -0.174. The third-order valence-corrected chi connectivity index (χ3v) is 4.61. The second-order valence-corrected chi connectivity index (χ2v) is 5.64. The topological polar surface area (TPSA) is 26.3 Å². The van der Waals surface area contributed by atoms with Gasteiger partial charge in [0.15, 0.2) is 0 Å². The fraction of sp³-hybridized carbons (Fsp3) is 0.929. The molecule has 0 bridgehead atoms. The van der Waals surface area contributed by atoms with Crippen molar-refractivity contribution in [3.8, 4) is 0 Å². The molecule has 0 aromatic rings. The van der Waals surface area contributed by atoms with E-state index < -0.39 is 0 Å². The van der Waals surface area contributed by atoms with Gasteiger partial charge in [-0.25, -0.2) is 0 Å².